The highest BCUT2D eigenvalue weighted by Gasteiger charge is 2.25. The number of carbonyl (C=O) groups is 1. The number of amides is 1. The minimum Gasteiger partial charge on any atom is -0.368 e. The monoisotopic (exact) mass is 442 g/mol. The van der Waals surface area contributed by atoms with Crippen LogP contribution in [0.4, 0.5) is 5.69 Å². The standard InChI is InChI=1S/C26H23ClN4O/c27-21-10-7-13-23(18-21)29-14-16-30(17-15-29)26(32)24-19-31(22-11-5-2-6-12-22)25(28-24)20-8-3-1-4-9-20/h1-13,18-19H,14-17H2. The van der Waals surface area contributed by atoms with Crippen LogP contribution in [0.1, 0.15) is 10.5 Å². The lowest BCUT2D eigenvalue weighted by molar-refractivity contribution is 0.0741. The number of carbonyl (C=O) groups excluding carboxylic acids is 1. The van der Waals surface area contributed by atoms with Gasteiger partial charge in [-0.25, -0.2) is 4.98 Å². The number of hydrogen-bond acceptors (Lipinski definition) is 3. The van der Waals surface area contributed by atoms with Crippen molar-refractivity contribution in [1.82, 2.24) is 14.5 Å². The van der Waals surface area contributed by atoms with E-state index in [0.717, 1.165) is 40.9 Å². The first-order chi connectivity index (χ1) is 15.7. The third-order valence-electron chi connectivity index (χ3n) is 5.73. The molecular weight excluding hydrogens is 420 g/mol. The summed E-state index contributed by atoms with van der Waals surface area (Å²) in [6.45, 7) is 2.81. The number of nitrogens with zero attached hydrogens (tertiary/aromatic N) is 4. The highest BCUT2D eigenvalue weighted by atomic mass is 35.5. The zero-order valence-electron chi connectivity index (χ0n) is 17.6. The first-order valence-electron chi connectivity index (χ1n) is 10.7. The molecule has 5 nitrogen and oxygen atoms in total. The number of imidazole rings is 1. The Hall–Kier alpha value is -3.57. The fourth-order valence-electron chi connectivity index (χ4n) is 4.06. The van der Waals surface area contributed by atoms with Gasteiger partial charge in [0, 0.05) is 54.3 Å². The van der Waals surface area contributed by atoms with Crippen LogP contribution in [0.15, 0.2) is 91.1 Å². The molecule has 1 aromatic heterocycles. The summed E-state index contributed by atoms with van der Waals surface area (Å²) in [7, 11) is 0. The number of anilines is 1. The molecule has 6 heteroatoms. The maximum absolute atomic E-state index is 13.3. The van der Waals surface area contributed by atoms with E-state index in [9.17, 15) is 4.79 Å². The molecule has 0 bridgehead atoms. The van der Waals surface area contributed by atoms with Crippen molar-refractivity contribution in [3.05, 3.63) is 102 Å². The molecule has 0 atom stereocenters. The second-order valence-corrected chi connectivity index (χ2v) is 8.22. The third kappa shape index (κ3) is 4.12. The summed E-state index contributed by atoms with van der Waals surface area (Å²) in [4.78, 5) is 22.2. The zero-order valence-corrected chi connectivity index (χ0v) is 18.3. The topological polar surface area (TPSA) is 41.4 Å². The molecule has 32 heavy (non-hydrogen) atoms. The van der Waals surface area contributed by atoms with Gasteiger partial charge in [0.2, 0.25) is 0 Å². The molecule has 0 aliphatic carbocycles. The van der Waals surface area contributed by atoms with Crippen LogP contribution in [0.25, 0.3) is 17.1 Å². The van der Waals surface area contributed by atoms with E-state index in [1.165, 1.54) is 0 Å². The molecule has 1 aliphatic rings. The fraction of sp³-hybridized carbons (Fsp3) is 0.154. The van der Waals surface area contributed by atoms with E-state index < -0.39 is 0 Å². The first kappa shape index (κ1) is 20.3. The summed E-state index contributed by atoms with van der Waals surface area (Å²) in [5.41, 5.74) is 3.50. The van der Waals surface area contributed by atoms with Crippen molar-refractivity contribution in [3.63, 3.8) is 0 Å². The van der Waals surface area contributed by atoms with E-state index in [1.807, 2.05) is 94.5 Å². The average Bonchev–Trinajstić information content (AvgIpc) is 3.30. The van der Waals surface area contributed by atoms with E-state index >= 15 is 0 Å². The molecule has 1 amide bonds. The highest BCUT2D eigenvalue weighted by Crippen LogP contribution is 2.25. The number of rotatable bonds is 4. The van der Waals surface area contributed by atoms with E-state index in [-0.39, 0.29) is 5.91 Å². The van der Waals surface area contributed by atoms with Crippen LogP contribution in [-0.2, 0) is 0 Å². The van der Waals surface area contributed by atoms with Crippen molar-refractivity contribution in [2.24, 2.45) is 0 Å². The Morgan fingerprint density at radius 2 is 1.44 bits per heavy atom. The molecule has 1 fully saturated rings. The van der Waals surface area contributed by atoms with Crippen molar-refractivity contribution in [2.75, 3.05) is 31.1 Å². The third-order valence-corrected chi connectivity index (χ3v) is 5.97. The van der Waals surface area contributed by atoms with Crippen LogP contribution in [0.5, 0.6) is 0 Å². The molecule has 0 unspecified atom stereocenters. The smallest absolute Gasteiger partial charge is 0.274 e. The lowest BCUT2D eigenvalue weighted by Gasteiger charge is -2.35. The summed E-state index contributed by atoms with van der Waals surface area (Å²) in [6, 6.07) is 27.8. The maximum atomic E-state index is 13.3. The Kier molecular flexibility index (Phi) is 5.65. The molecule has 3 aromatic carbocycles. The van der Waals surface area contributed by atoms with E-state index in [4.69, 9.17) is 16.6 Å². The van der Waals surface area contributed by atoms with Crippen molar-refractivity contribution in [2.45, 2.75) is 0 Å². The SMILES string of the molecule is O=C(c1cn(-c2ccccc2)c(-c2ccccc2)n1)N1CCN(c2cccc(Cl)c2)CC1. The molecule has 2 heterocycles. The number of para-hydroxylation sites is 1. The second-order valence-electron chi connectivity index (χ2n) is 7.78. The van der Waals surface area contributed by atoms with Crippen LogP contribution in [-0.4, -0.2) is 46.5 Å². The Morgan fingerprint density at radius 3 is 2.12 bits per heavy atom. The molecule has 0 spiro atoms. The predicted octanol–water partition coefficient (Wildman–Crippen LogP) is 5.16. The van der Waals surface area contributed by atoms with E-state index in [1.54, 1.807) is 0 Å². The van der Waals surface area contributed by atoms with Gasteiger partial charge in [0.05, 0.1) is 0 Å². The molecule has 0 saturated carbocycles. The Morgan fingerprint density at radius 1 is 0.781 bits per heavy atom. The Labute approximate surface area is 192 Å². The van der Waals surface area contributed by atoms with Gasteiger partial charge < -0.3 is 9.80 Å². The number of hydrogen-bond donors (Lipinski definition) is 0. The van der Waals surface area contributed by atoms with Gasteiger partial charge in [0.15, 0.2) is 0 Å². The highest BCUT2D eigenvalue weighted by molar-refractivity contribution is 6.30. The molecule has 5 rings (SSSR count). The van der Waals surface area contributed by atoms with Gasteiger partial charge in [-0.1, -0.05) is 66.2 Å². The minimum absolute atomic E-state index is 0.0393. The summed E-state index contributed by atoms with van der Waals surface area (Å²) in [6.07, 6.45) is 1.85. The second kappa shape index (κ2) is 8.89. The molecule has 0 radical (unpaired) electrons. The molecule has 160 valence electrons. The molecule has 4 aromatic rings. The molecule has 0 N–H and O–H groups in total. The quantitative estimate of drug-likeness (QED) is 0.438. The summed E-state index contributed by atoms with van der Waals surface area (Å²) < 4.78 is 1.99. The predicted molar refractivity (Wildman–Crippen MR) is 129 cm³/mol. The summed E-state index contributed by atoms with van der Waals surface area (Å²) >= 11 is 6.14. The van der Waals surface area contributed by atoms with Gasteiger partial charge in [-0.05, 0) is 30.3 Å². The zero-order chi connectivity index (χ0) is 21.9. The Balaban J connectivity index is 1.39. The number of aromatic nitrogens is 2. The van der Waals surface area contributed by atoms with Crippen LogP contribution in [0.2, 0.25) is 5.02 Å². The number of piperazine rings is 1. The number of benzene rings is 3. The van der Waals surface area contributed by atoms with Crippen molar-refractivity contribution in [1.29, 1.82) is 0 Å². The molecule has 1 aliphatic heterocycles. The average molecular weight is 443 g/mol. The van der Waals surface area contributed by atoms with Gasteiger partial charge in [-0.3, -0.25) is 9.36 Å². The van der Waals surface area contributed by atoms with E-state index in [0.29, 0.717) is 18.8 Å². The van der Waals surface area contributed by atoms with Gasteiger partial charge >= 0.3 is 0 Å². The maximum Gasteiger partial charge on any atom is 0.274 e. The summed E-state index contributed by atoms with van der Waals surface area (Å²) in [5, 5.41) is 0.723. The fourth-order valence-corrected chi connectivity index (χ4v) is 4.25. The molecular formula is C26H23ClN4O. The summed E-state index contributed by atoms with van der Waals surface area (Å²) in [5.74, 6) is 0.723. The Bertz CT molecular complexity index is 1160. The van der Waals surface area contributed by atoms with E-state index in [2.05, 4.69) is 11.0 Å². The van der Waals surface area contributed by atoms with Crippen molar-refractivity contribution < 1.29 is 4.79 Å². The molecule has 1 saturated heterocycles. The van der Waals surface area contributed by atoms with Crippen LogP contribution >= 0.6 is 11.6 Å². The number of halogens is 1. The normalized spacial score (nSPS) is 13.9. The lowest BCUT2D eigenvalue weighted by atomic mass is 10.2. The van der Waals surface area contributed by atoms with Gasteiger partial charge in [-0.2, -0.15) is 0 Å². The van der Waals surface area contributed by atoms with Crippen LogP contribution in [0.3, 0.4) is 0 Å². The first-order valence-corrected chi connectivity index (χ1v) is 11.1. The van der Waals surface area contributed by atoms with Crippen molar-refractivity contribution >= 4 is 23.2 Å². The minimum atomic E-state index is -0.0393. The van der Waals surface area contributed by atoms with Crippen LogP contribution in [0, 0.1) is 0 Å². The van der Waals surface area contributed by atoms with Gasteiger partial charge in [0.1, 0.15) is 11.5 Å². The van der Waals surface area contributed by atoms with Crippen molar-refractivity contribution in [3.8, 4) is 17.1 Å². The largest absolute Gasteiger partial charge is 0.368 e. The van der Waals surface area contributed by atoms with Gasteiger partial charge in [-0.15, -0.1) is 0 Å². The van der Waals surface area contributed by atoms with Crippen LogP contribution < -0.4 is 4.90 Å². The lowest BCUT2D eigenvalue weighted by Crippen LogP contribution is -2.48. The van der Waals surface area contributed by atoms with Gasteiger partial charge in [0.25, 0.3) is 5.91 Å².